The van der Waals surface area contributed by atoms with E-state index in [0.29, 0.717) is 0 Å². The molecule has 0 aliphatic heterocycles. The Labute approximate surface area is 89.7 Å². The average Bonchev–Trinajstić information content (AvgIpc) is 2.26. The van der Waals surface area contributed by atoms with Gasteiger partial charge in [0.1, 0.15) is 0 Å². The molecule has 0 bridgehead atoms. The summed E-state index contributed by atoms with van der Waals surface area (Å²) in [5.41, 5.74) is 0. The molecule has 0 aromatic rings. The molecular formula is C13H27N. The minimum Gasteiger partial charge on any atom is -0.314 e. The molecule has 0 aromatic heterocycles. The Morgan fingerprint density at radius 1 is 1.07 bits per heavy atom. The van der Waals surface area contributed by atoms with Crippen LogP contribution in [0.1, 0.15) is 59.3 Å². The minimum atomic E-state index is 0.829. The van der Waals surface area contributed by atoms with Gasteiger partial charge in [-0.2, -0.15) is 0 Å². The van der Waals surface area contributed by atoms with Gasteiger partial charge in [0.2, 0.25) is 0 Å². The Kier molecular flexibility index (Phi) is 5.54. The summed E-state index contributed by atoms with van der Waals surface area (Å²) < 4.78 is 0. The van der Waals surface area contributed by atoms with Crippen LogP contribution in [0.3, 0.4) is 0 Å². The molecule has 2 atom stereocenters. The van der Waals surface area contributed by atoms with Gasteiger partial charge in [-0.05, 0) is 31.2 Å². The van der Waals surface area contributed by atoms with Gasteiger partial charge in [0.25, 0.3) is 0 Å². The molecular weight excluding hydrogens is 170 g/mol. The first-order valence-electron chi connectivity index (χ1n) is 6.47. The van der Waals surface area contributed by atoms with E-state index in [1.807, 2.05) is 0 Å². The monoisotopic (exact) mass is 197 g/mol. The van der Waals surface area contributed by atoms with Crippen LogP contribution in [0, 0.1) is 11.8 Å². The van der Waals surface area contributed by atoms with E-state index in [0.717, 1.165) is 17.9 Å². The third-order valence-electron chi connectivity index (χ3n) is 3.95. The van der Waals surface area contributed by atoms with Crippen molar-refractivity contribution in [1.29, 1.82) is 0 Å². The van der Waals surface area contributed by atoms with Gasteiger partial charge in [0, 0.05) is 6.04 Å². The van der Waals surface area contributed by atoms with Crippen molar-refractivity contribution in [2.75, 3.05) is 6.54 Å². The van der Waals surface area contributed by atoms with Crippen LogP contribution in [0.2, 0.25) is 0 Å². The highest BCUT2D eigenvalue weighted by Crippen LogP contribution is 2.19. The third-order valence-corrected chi connectivity index (χ3v) is 3.95. The normalized spacial score (nSPS) is 23.4. The van der Waals surface area contributed by atoms with E-state index in [-0.39, 0.29) is 0 Å². The van der Waals surface area contributed by atoms with Gasteiger partial charge in [-0.3, -0.25) is 0 Å². The largest absolute Gasteiger partial charge is 0.314 e. The van der Waals surface area contributed by atoms with Crippen molar-refractivity contribution in [3.63, 3.8) is 0 Å². The Bertz CT molecular complexity index is 136. The molecule has 1 nitrogen and oxygen atoms in total. The number of hydrogen-bond donors (Lipinski definition) is 1. The van der Waals surface area contributed by atoms with Crippen LogP contribution in [-0.4, -0.2) is 12.6 Å². The Morgan fingerprint density at radius 2 is 1.71 bits per heavy atom. The first-order valence-corrected chi connectivity index (χ1v) is 6.47. The summed E-state index contributed by atoms with van der Waals surface area (Å²) in [4.78, 5) is 0. The molecule has 1 aliphatic rings. The highest BCUT2D eigenvalue weighted by Gasteiger charge is 2.15. The van der Waals surface area contributed by atoms with E-state index in [1.54, 1.807) is 0 Å². The molecule has 0 saturated heterocycles. The molecule has 1 aliphatic carbocycles. The summed E-state index contributed by atoms with van der Waals surface area (Å²) in [6.45, 7) is 8.26. The third kappa shape index (κ3) is 4.00. The average molecular weight is 197 g/mol. The van der Waals surface area contributed by atoms with Crippen LogP contribution in [0.15, 0.2) is 0 Å². The fraction of sp³-hybridized carbons (Fsp3) is 1.00. The van der Waals surface area contributed by atoms with Crippen molar-refractivity contribution < 1.29 is 0 Å². The molecule has 1 fully saturated rings. The summed E-state index contributed by atoms with van der Waals surface area (Å²) >= 11 is 0. The first-order chi connectivity index (χ1) is 6.74. The predicted octanol–water partition coefficient (Wildman–Crippen LogP) is 3.59. The zero-order valence-corrected chi connectivity index (χ0v) is 10.2. The fourth-order valence-electron chi connectivity index (χ4n) is 2.26. The molecule has 0 heterocycles. The van der Waals surface area contributed by atoms with E-state index in [2.05, 4.69) is 26.1 Å². The van der Waals surface area contributed by atoms with Crippen LogP contribution < -0.4 is 5.32 Å². The second-order valence-corrected chi connectivity index (χ2v) is 5.11. The van der Waals surface area contributed by atoms with E-state index >= 15 is 0 Å². The van der Waals surface area contributed by atoms with Crippen LogP contribution in [0.5, 0.6) is 0 Å². The molecule has 14 heavy (non-hydrogen) atoms. The van der Waals surface area contributed by atoms with E-state index in [4.69, 9.17) is 0 Å². The topological polar surface area (TPSA) is 12.0 Å². The van der Waals surface area contributed by atoms with Crippen molar-refractivity contribution in [2.24, 2.45) is 11.8 Å². The highest BCUT2D eigenvalue weighted by atomic mass is 14.9. The quantitative estimate of drug-likeness (QED) is 0.710. The molecule has 84 valence electrons. The van der Waals surface area contributed by atoms with Crippen molar-refractivity contribution in [3.05, 3.63) is 0 Å². The molecule has 2 unspecified atom stereocenters. The molecule has 1 N–H and O–H groups in total. The highest BCUT2D eigenvalue weighted by molar-refractivity contribution is 4.73. The van der Waals surface area contributed by atoms with E-state index in [9.17, 15) is 0 Å². The molecule has 0 aromatic carbocycles. The van der Waals surface area contributed by atoms with Gasteiger partial charge in [0.15, 0.2) is 0 Å². The van der Waals surface area contributed by atoms with Gasteiger partial charge >= 0.3 is 0 Å². The predicted molar refractivity (Wildman–Crippen MR) is 63.5 cm³/mol. The Hall–Kier alpha value is -0.0400. The summed E-state index contributed by atoms with van der Waals surface area (Å²) in [6.07, 6.45) is 8.47. The lowest BCUT2D eigenvalue weighted by molar-refractivity contribution is 0.307. The second kappa shape index (κ2) is 6.44. The minimum absolute atomic E-state index is 0.829. The smallest absolute Gasteiger partial charge is 0.00671 e. The molecule has 0 amide bonds. The SMILES string of the molecule is CCC(C)C(C)CNC1CCCCC1. The van der Waals surface area contributed by atoms with Crippen molar-refractivity contribution in [2.45, 2.75) is 65.3 Å². The van der Waals surface area contributed by atoms with Crippen LogP contribution in [0.4, 0.5) is 0 Å². The summed E-state index contributed by atoms with van der Waals surface area (Å²) in [6, 6.07) is 0.829. The lowest BCUT2D eigenvalue weighted by Gasteiger charge is -2.26. The zero-order valence-electron chi connectivity index (χ0n) is 10.2. The van der Waals surface area contributed by atoms with Gasteiger partial charge in [-0.15, -0.1) is 0 Å². The molecule has 0 radical (unpaired) electrons. The summed E-state index contributed by atoms with van der Waals surface area (Å²) in [7, 11) is 0. The van der Waals surface area contributed by atoms with E-state index in [1.165, 1.54) is 45.1 Å². The van der Waals surface area contributed by atoms with Crippen LogP contribution in [0.25, 0.3) is 0 Å². The van der Waals surface area contributed by atoms with Gasteiger partial charge in [-0.1, -0.05) is 46.5 Å². The maximum Gasteiger partial charge on any atom is 0.00671 e. The number of nitrogens with one attached hydrogen (secondary N) is 1. The first kappa shape index (κ1) is 12.0. The van der Waals surface area contributed by atoms with Gasteiger partial charge in [0.05, 0.1) is 0 Å². The molecule has 1 saturated carbocycles. The lowest BCUT2D eigenvalue weighted by Crippen LogP contribution is -2.35. The van der Waals surface area contributed by atoms with E-state index < -0.39 is 0 Å². The van der Waals surface area contributed by atoms with Gasteiger partial charge in [-0.25, -0.2) is 0 Å². The summed E-state index contributed by atoms with van der Waals surface area (Å²) in [5, 5.41) is 3.74. The van der Waals surface area contributed by atoms with Crippen molar-refractivity contribution >= 4 is 0 Å². The molecule has 0 spiro atoms. The van der Waals surface area contributed by atoms with Crippen molar-refractivity contribution in [1.82, 2.24) is 5.32 Å². The maximum atomic E-state index is 3.74. The summed E-state index contributed by atoms with van der Waals surface area (Å²) in [5.74, 6) is 1.70. The fourth-order valence-corrected chi connectivity index (χ4v) is 2.26. The van der Waals surface area contributed by atoms with Crippen molar-refractivity contribution in [3.8, 4) is 0 Å². The second-order valence-electron chi connectivity index (χ2n) is 5.11. The Morgan fingerprint density at radius 3 is 2.29 bits per heavy atom. The zero-order chi connectivity index (χ0) is 10.4. The Balaban J connectivity index is 2.12. The molecule has 1 rings (SSSR count). The lowest BCUT2D eigenvalue weighted by atomic mass is 9.91. The number of rotatable bonds is 5. The maximum absolute atomic E-state index is 3.74. The number of hydrogen-bond acceptors (Lipinski definition) is 1. The van der Waals surface area contributed by atoms with Crippen LogP contribution in [-0.2, 0) is 0 Å². The molecule has 1 heteroatoms. The standard InChI is InChI=1S/C13H27N/c1-4-11(2)12(3)10-14-13-8-6-5-7-9-13/h11-14H,4-10H2,1-3H3. The van der Waals surface area contributed by atoms with Crippen LogP contribution >= 0.6 is 0 Å². The van der Waals surface area contributed by atoms with Gasteiger partial charge < -0.3 is 5.32 Å².